The molecule has 2 aromatic heterocycles. The zero-order valence-electron chi connectivity index (χ0n) is 13.3. The third-order valence-corrected chi connectivity index (χ3v) is 4.98. The summed E-state index contributed by atoms with van der Waals surface area (Å²) in [5, 5.41) is 4.71. The van der Waals surface area contributed by atoms with Gasteiger partial charge in [-0.2, -0.15) is 0 Å². The number of hydrogen-bond donors (Lipinski definition) is 1. The average molecular weight is 311 g/mol. The Morgan fingerprint density at radius 1 is 1.09 bits per heavy atom. The maximum Gasteiger partial charge on any atom is 0.138 e. The van der Waals surface area contributed by atoms with E-state index in [0.717, 1.165) is 34.7 Å². The van der Waals surface area contributed by atoms with Gasteiger partial charge in [-0.3, -0.25) is 0 Å². The Balaban J connectivity index is 1.99. The Morgan fingerprint density at radius 3 is 2.55 bits per heavy atom. The Hall–Kier alpha value is -1.94. The minimum Gasteiger partial charge on any atom is -0.363 e. The van der Waals surface area contributed by atoms with Gasteiger partial charge in [0.25, 0.3) is 0 Å². The molecule has 0 radical (unpaired) electrons. The molecule has 0 bridgehead atoms. The van der Waals surface area contributed by atoms with Gasteiger partial charge in [-0.1, -0.05) is 44.2 Å². The number of fused-ring (bicyclic) bond motifs is 1. The largest absolute Gasteiger partial charge is 0.363 e. The summed E-state index contributed by atoms with van der Waals surface area (Å²) in [6.45, 7) is 6.44. The van der Waals surface area contributed by atoms with Crippen LogP contribution >= 0.6 is 11.3 Å². The molecular formula is C18H21N3S. The molecule has 0 spiro atoms. The second kappa shape index (κ2) is 6.44. The number of aryl methyl sites for hydroxylation is 2. The molecule has 0 saturated carbocycles. The van der Waals surface area contributed by atoms with E-state index in [9.17, 15) is 0 Å². The Kier molecular flexibility index (Phi) is 4.39. The van der Waals surface area contributed by atoms with Crippen molar-refractivity contribution in [1.82, 2.24) is 9.97 Å². The number of rotatable bonds is 5. The minimum absolute atomic E-state index is 0.217. The summed E-state index contributed by atoms with van der Waals surface area (Å²) < 4.78 is 0. The third kappa shape index (κ3) is 2.97. The monoisotopic (exact) mass is 311 g/mol. The highest BCUT2D eigenvalue weighted by Crippen LogP contribution is 2.31. The molecule has 3 aromatic rings. The molecule has 114 valence electrons. The fraction of sp³-hybridized carbons (Fsp3) is 0.333. The van der Waals surface area contributed by atoms with Crippen molar-refractivity contribution in [2.24, 2.45) is 0 Å². The summed E-state index contributed by atoms with van der Waals surface area (Å²) in [6.07, 6.45) is 1.89. The molecule has 1 aromatic carbocycles. The summed E-state index contributed by atoms with van der Waals surface area (Å²) in [7, 11) is 0. The second-order valence-corrected chi connectivity index (χ2v) is 6.52. The Labute approximate surface area is 135 Å². The lowest BCUT2D eigenvalue weighted by molar-refractivity contribution is 0.865. The van der Waals surface area contributed by atoms with E-state index in [4.69, 9.17) is 4.98 Å². The summed E-state index contributed by atoms with van der Waals surface area (Å²) >= 11 is 1.77. The first-order chi connectivity index (χ1) is 10.7. The smallest absolute Gasteiger partial charge is 0.138 e. The topological polar surface area (TPSA) is 37.8 Å². The average Bonchev–Trinajstić information content (AvgIpc) is 2.99. The zero-order valence-corrected chi connectivity index (χ0v) is 14.1. The molecule has 0 fully saturated rings. The van der Waals surface area contributed by atoms with Crippen LogP contribution in [0.2, 0.25) is 0 Å². The molecule has 3 rings (SSSR count). The highest BCUT2D eigenvalue weighted by molar-refractivity contribution is 7.18. The van der Waals surface area contributed by atoms with E-state index in [1.54, 1.807) is 11.3 Å². The molecule has 0 aliphatic heterocycles. The van der Waals surface area contributed by atoms with Crippen molar-refractivity contribution in [3.8, 4) is 0 Å². The molecule has 0 saturated heterocycles. The van der Waals surface area contributed by atoms with E-state index in [2.05, 4.69) is 61.4 Å². The molecule has 0 aliphatic rings. The van der Waals surface area contributed by atoms with Crippen LogP contribution in [0.4, 0.5) is 5.82 Å². The first-order valence-electron chi connectivity index (χ1n) is 7.82. The normalized spacial score (nSPS) is 12.5. The zero-order chi connectivity index (χ0) is 15.5. The van der Waals surface area contributed by atoms with Crippen LogP contribution in [-0.2, 0) is 12.8 Å². The number of nitrogens with zero attached hydrogens (tertiary/aromatic N) is 2. The van der Waals surface area contributed by atoms with Crippen LogP contribution in [0.25, 0.3) is 10.2 Å². The van der Waals surface area contributed by atoms with Gasteiger partial charge in [0, 0.05) is 17.3 Å². The van der Waals surface area contributed by atoms with E-state index in [0.29, 0.717) is 0 Å². The highest BCUT2D eigenvalue weighted by atomic mass is 32.1. The van der Waals surface area contributed by atoms with Crippen LogP contribution in [0.3, 0.4) is 0 Å². The van der Waals surface area contributed by atoms with Crippen molar-refractivity contribution in [3.05, 3.63) is 52.7 Å². The number of thiophene rings is 1. The van der Waals surface area contributed by atoms with Crippen LogP contribution < -0.4 is 5.32 Å². The summed E-state index contributed by atoms with van der Waals surface area (Å²) in [5.74, 6) is 1.86. The first kappa shape index (κ1) is 15.0. The van der Waals surface area contributed by atoms with Crippen molar-refractivity contribution in [2.75, 3.05) is 5.32 Å². The van der Waals surface area contributed by atoms with Gasteiger partial charge < -0.3 is 5.32 Å². The van der Waals surface area contributed by atoms with Crippen molar-refractivity contribution in [3.63, 3.8) is 0 Å². The molecule has 2 heterocycles. The Bertz CT molecular complexity index is 765. The summed E-state index contributed by atoms with van der Waals surface area (Å²) in [4.78, 5) is 11.8. The number of nitrogens with one attached hydrogen (secondary N) is 1. The van der Waals surface area contributed by atoms with Crippen LogP contribution in [0.1, 0.15) is 43.1 Å². The molecule has 3 nitrogen and oxygen atoms in total. The number of benzene rings is 1. The van der Waals surface area contributed by atoms with E-state index in [-0.39, 0.29) is 6.04 Å². The van der Waals surface area contributed by atoms with Crippen molar-refractivity contribution >= 4 is 27.4 Å². The van der Waals surface area contributed by atoms with Crippen LogP contribution in [-0.4, -0.2) is 9.97 Å². The van der Waals surface area contributed by atoms with E-state index >= 15 is 0 Å². The van der Waals surface area contributed by atoms with Gasteiger partial charge >= 0.3 is 0 Å². The number of aromatic nitrogens is 2. The molecule has 0 amide bonds. The number of hydrogen-bond acceptors (Lipinski definition) is 4. The van der Waals surface area contributed by atoms with Gasteiger partial charge in [0.05, 0.1) is 5.39 Å². The predicted molar refractivity (Wildman–Crippen MR) is 94.7 cm³/mol. The van der Waals surface area contributed by atoms with Crippen molar-refractivity contribution in [1.29, 1.82) is 0 Å². The Morgan fingerprint density at radius 2 is 1.86 bits per heavy atom. The quantitative estimate of drug-likeness (QED) is 0.721. The lowest BCUT2D eigenvalue weighted by Crippen LogP contribution is -2.09. The highest BCUT2D eigenvalue weighted by Gasteiger charge is 2.13. The molecule has 22 heavy (non-hydrogen) atoms. The standard InChI is InChI=1S/C18H21N3S/c1-4-14-11-15-17(20-16(5-2)21-18(15)22-14)19-12(3)13-9-7-6-8-10-13/h6-12H,4-5H2,1-3H3,(H,19,20,21). The molecule has 1 N–H and O–H groups in total. The number of anilines is 1. The minimum atomic E-state index is 0.217. The predicted octanol–water partition coefficient (Wildman–Crippen LogP) is 4.99. The van der Waals surface area contributed by atoms with Gasteiger partial charge in [-0.05, 0) is 25.0 Å². The van der Waals surface area contributed by atoms with Gasteiger partial charge in [-0.15, -0.1) is 11.3 Å². The summed E-state index contributed by atoms with van der Waals surface area (Å²) in [6, 6.07) is 12.9. The molecular weight excluding hydrogens is 290 g/mol. The SMILES string of the molecule is CCc1nc(NC(C)c2ccccc2)c2cc(CC)sc2n1. The van der Waals surface area contributed by atoms with Crippen molar-refractivity contribution < 1.29 is 0 Å². The van der Waals surface area contributed by atoms with Gasteiger partial charge in [-0.25, -0.2) is 9.97 Å². The van der Waals surface area contributed by atoms with Crippen molar-refractivity contribution in [2.45, 2.75) is 39.7 Å². The van der Waals surface area contributed by atoms with Crippen LogP contribution in [0, 0.1) is 0 Å². The summed E-state index contributed by atoms with van der Waals surface area (Å²) in [5.41, 5.74) is 1.26. The molecule has 1 unspecified atom stereocenters. The lowest BCUT2D eigenvalue weighted by Gasteiger charge is -2.16. The molecule has 4 heteroatoms. The van der Waals surface area contributed by atoms with E-state index < -0.39 is 0 Å². The van der Waals surface area contributed by atoms with Gasteiger partial charge in [0.1, 0.15) is 16.5 Å². The van der Waals surface area contributed by atoms with E-state index in [1.165, 1.54) is 10.4 Å². The molecule has 0 aliphatic carbocycles. The van der Waals surface area contributed by atoms with Gasteiger partial charge in [0.2, 0.25) is 0 Å². The maximum atomic E-state index is 4.72. The third-order valence-electron chi connectivity index (χ3n) is 3.81. The van der Waals surface area contributed by atoms with E-state index in [1.807, 2.05) is 6.07 Å². The van der Waals surface area contributed by atoms with Crippen LogP contribution in [0.5, 0.6) is 0 Å². The molecule has 1 atom stereocenters. The maximum absolute atomic E-state index is 4.72. The lowest BCUT2D eigenvalue weighted by atomic mass is 10.1. The second-order valence-electron chi connectivity index (χ2n) is 5.40. The fourth-order valence-corrected chi connectivity index (χ4v) is 3.47. The first-order valence-corrected chi connectivity index (χ1v) is 8.63. The van der Waals surface area contributed by atoms with Crippen LogP contribution in [0.15, 0.2) is 36.4 Å². The van der Waals surface area contributed by atoms with Gasteiger partial charge in [0.15, 0.2) is 0 Å². The fourth-order valence-electron chi connectivity index (χ4n) is 2.49.